The predicted molar refractivity (Wildman–Crippen MR) is 67.3 cm³/mol. The monoisotopic (exact) mass is 214 g/mol. The van der Waals surface area contributed by atoms with Crippen molar-refractivity contribution in [2.24, 2.45) is 5.73 Å². The predicted octanol–water partition coefficient (Wildman–Crippen LogP) is 1.89. The highest BCUT2D eigenvalue weighted by molar-refractivity contribution is 5.86. The zero-order valence-electron chi connectivity index (χ0n) is 8.94. The Bertz CT molecular complexity index is 569. The van der Waals surface area contributed by atoms with E-state index in [2.05, 4.69) is 4.98 Å². The van der Waals surface area contributed by atoms with Gasteiger partial charge in [-0.1, -0.05) is 24.3 Å². The first kappa shape index (κ1) is 10.6. The lowest BCUT2D eigenvalue weighted by Crippen LogP contribution is -2.00. The van der Waals surface area contributed by atoms with Gasteiger partial charge in [0.1, 0.15) is 0 Å². The van der Waals surface area contributed by atoms with Crippen molar-refractivity contribution in [3.8, 4) is 0 Å². The zero-order chi connectivity index (χ0) is 11.4. The second-order valence-corrected chi connectivity index (χ2v) is 3.59. The van der Waals surface area contributed by atoms with E-state index < -0.39 is 0 Å². The number of hydrogen-bond donors (Lipinski definition) is 2. The second kappa shape index (κ2) is 4.77. The van der Waals surface area contributed by atoms with Crippen molar-refractivity contribution in [2.45, 2.75) is 6.42 Å². The van der Waals surface area contributed by atoms with Crippen LogP contribution in [-0.4, -0.2) is 11.5 Å². The molecule has 1 heterocycles. The smallest absolute Gasteiger partial charge is 0.189 e. The van der Waals surface area contributed by atoms with E-state index in [0.29, 0.717) is 6.54 Å². The van der Waals surface area contributed by atoms with Gasteiger partial charge in [-0.25, -0.2) is 0 Å². The van der Waals surface area contributed by atoms with Crippen molar-refractivity contribution in [1.82, 2.24) is 4.98 Å². The molecule has 0 saturated carbocycles. The average molecular weight is 214 g/mol. The molecule has 2 rings (SSSR count). The highest BCUT2D eigenvalue weighted by atomic mass is 16.1. The van der Waals surface area contributed by atoms with Crippen molar-refractivity contribution in [2.75, 3.05) is 6.54 Å². The summed E-state index contributed by atoms with van der Waals surface area (Å²) in [6, 6.07) is 7.23. The van der Waals surface area contributed by atoms with Gasteiger partial charge in [-0.15, -0.1) is 0 Å². The summed E-state index contributed by atoms with van der Waals surface area (Å²) in [6.07, 6.45) is 6.52. The van der Waals surface area contributed by atoms with Crippen LogP contribution in [0.15, 0.2) is 41.3 Å². The number of aromatic amines is 1. The summed E-state index contributed by atoms with van der Waals surface area (Å²) in [5.74, 6) is 0. The number of rotatable bonds is 3. The molecule has 3 heteroatoms. The van der Waals surface area contributed by atoms with Gasteiger partial charge < -0.3 is 10.7 Å². The van der Waals surface area contributed by atoms with E-state index in [-0.39, 0.29) is 5.43 Å². The number of nitrogens with one attached hydrogen (secondary N) is 1. The summed E-state index contributed by atoms with van der Waals surface area (Å²) in [4.78, 5) is 14.7. The maximum absolute atomic E-state index is 11.6. The summed E-state index contributed by atoms with van der Waals surface area (Å²) in [7, 11) is 0. The molecule has 0 spiro atoms. The van der Waals surface area contributed by atoms with Gasteiger partial charge in [0, 0.05) is 17.6 Å². The number of H-pyrrole nitrogens is 1. The van der Waals surface area contributed by atoms with Crippen LogP contribution < -0.4 is 11.2 Å². The number of fused-ring (bicyclic) bond motifs is 1. The molecule has 0 bridgehead atoms. The molecule has 82 valence electrons. The summed E-state index contributed by atoms with van der Waals surface area (Å²) in [6.45, 7) is 0.637. The minimum Gasteiger partial charge on any atom is -0.360 e. The molecule has 0 aliphatic heterocycles. The van der Waals surface area contributed by atoms with E-state index in [4.69, 9.17) is 5.73 Å². The molecule has 2 aromatic rings. The van der Waals surface area contributed by atoms with Gasteiger partial charge in [0.25, 0.3) is 0 Å². The van der Waals surface area contributed by atoms with Crippen LogP contribution in [0.3, 0.4) is 0 Å². The quantitative estimate of drug-likeness (QED) is 0.819. The second-order valence-electron chi connectivity index (χ2n) is 3.59. The van der Waals surface area contributed by atoms with Gasteiger partial charge in [0.15, 0.2) is 5.43 Å². The average Bonchev–Trinajstić information content (AvgIpc) is 2.31. The first-order valence-corrected chi connectivity index (χ1v) is 5.30. The lowest BCUT2D eigenvalue weighted by molar-refractivity contribution is 1.01. The van der Waals surface area contributed by atoms with Crippen molar-refractivity contribution in [3.63, 3.8) is 0 Å². The van der Waals surface area contributed by atoms with E-state index in [1.54, 1.807) is 6.20 Å². The zero-order valence-corrected chi connectivity index (χ0v) is 8.94. The lowest BCUT2D eigenvalue weighted by Gasteiger charge is -2.00. The van der Waals surface area contributed by atoms with E-state index in [1.165, 1.54) is 6.07 Å². The maximum atomic E-state index is 11.6. The van der Waals surface area contributed by atoms with Gasteiger partial charge in [-0.2, -0.15) is 0 Å². The summed E-state index contributed by atoms with van der Waals surface area (Å²) in [5.41, 5.74) is 7.36. The van der Waals surface area contributed by atoms with Crippen LogP contribution in [0.5, 0.6) is 0 Å². The van der Waals surface area contributed by atoms with E-state index in [1.807, 2.05) is 30.4 Å². The molecule has 0 fully saturated rings. The normalized spacial score (nSPS) is 11.3. The Labute approximate surface area is 93.6 Å². The third-order valence-corrected chi connectivity index (χ3v) is 2.46. The number of aromatic nitrogens is 1. The summed E-state index contributed by atoms with van der Waals surface area (Å²) in [5, 5.41) is 0.720. The molecule has 0 atom stereocenters. The molecule has 0 aliphatic carbocycles. The van der Waals surface area contributed by atoms with E-state index in [0.717, 1.165) is 22.9 Å². The Morgan fingerprint density at radius 3 is 3.00 bits per heavy atom. The molecule has 16 heavy (non-hydrogen) atoms. The van der Waals surface area contributed by atoms with Crippen LogP contribution in [0, 0.1) is 0 Å². The molecule has 3 nitrogen and oxygen atoms in total. The Morgan fingerprint density at radius 2 is 2.19 bits per heavy atom. The number of hydrogen-bond acceptors (Lipinski definition) is 2. The Balaban J connectivity index is 2.54. The number of benzene rings is 1. The molecule has 3 N–H and O–H groups in total. The minimum absolute atomic E-state index is 0.0443. The first-order chi connectivity index (χ1) is 7.83. The number of pyridine rings is 1. The Morgan fingerprint density at radius 1 is 1.31 bits per heavy atom. The lowest BCUT2D eigenvalue weighted by atomic mass is 10.1. The number of para-hydroxylation sites is 1. The van der Waals surface area contributed by atoms with Gasteiger partial charge in [-0.3, -0.25) is 4.79 Å². The molecular weight excluding hydrogens is 200 g/mol. The van der Waals surface area contributed by atoms with Crippen LogP contribution in [0.4, 0.5) is 0 Å². The summed E-state index contributed by atoms with van der Waals surface area (Å²) >= 11 is 0. The fourth-order valence-electron chi connectivity index (χ4n) is 1.67. The van der Waals surface area contributed by atoms with Crippen LogP contribution in [0.25, 0.3) is 17.0 Å². The van der Waals surface area contributed by atoms with Gasteiger partial charge in [0.2, 0.25) is 0 Å². The first-order valence-electron chi connectivity index (χ1n) is 5.30. The van der Waals surface area contributed by atoms with Gasteiger partial charge in [-0.05, 0) is 24.6 Å². The van der Waals surface area contributed by atoms with Crippen molar-refractivity contribution < 1.29 is 0 Å². The Hall–Kier alpha value is -1.87. The maximum Gasteiger partial charge on any atom is 0.189 e. The van der Waals surface area contributed by atoms with Crippen LogP contribution >= 0.6 is 0 Å². The highest BCUT2D eigenvalue weighted by Gasteiger charge is 2.00. The number of nitrogens with two attached hydrogens (primary N) is 1. The fourth-order valence-corrected chi connectivity index (χ4v) is 1.67. The molecule has 0 amide bonds. The molecule has 0 radical (unpaired) electrons. The van der Waals surface area contributed by atoms with Gasteiger partial charge in [0.05, 0.1) is 5.52 Å². The minimum atomic E-state index is 0.0443. The summed E-state index contributed by atoms with van der Waals surface area (Å²) < 4.78 is 0. The molecule has 0 saturated heterocycles. The fraction of sp³-hybridized carbons (Fsp3) is 0.154. The topological polar surface area (TPSA) is 58.9 Å². The van der Waals surface area contributed by atoms with Crippen LogP contribution in [0.1, 0.15) is 12.0 Å². The standard InChI is InChI=1S/C13H14N2O/c14-8-2-1-4-10-5-3-6-11-12(16)7-9-15-13(10)11/h1,3-7,9H,2,8,14H2,(H,15,16). The largest absolute Gasteiger partial charge is 0.360 e. The van der Waals surface area contributed by atoms with E-state index in [9.17, 15) is 4.79 Å². The Kier molecular flexibility index (Phi) is 3.17. The third-order valence-electron chi connectivity index (χ3n) is 2.46. The van der Waals surface area contributed by atoms with Gasteiger partial charge >= 0.3 is 0 Å². The molecule has 0 aliphatic rings. The van der Waals surface area contributed by atoms with E-state index >= 15 is 0 Å². The molecule has 0 unspecified atom stereocenters. The molecule has 1 aromatic heterocycles. The molecule has 1 aromatic carbocycles. The third kappa shape index (κ3) is 2.04. The van der Waals surface area contributed by atoms with Crippen molar-refractivity contribution >= 4 is 17.0 Å². The van der Waals surface area contributed by atoms with Crippen LogP contribution in [0.2, 0.25) is 0 Å². The molecular formula is C13H14N2O. The van der Waals surface area contributed by atoms with Crippen molar-refractivity contribution in [3.05, 3.63) is 52.3 Å². The van der Waals surface area contributed by atoms with Crippen molar-refractivity contribution in [1.29, 1.82) is 0 Å². The highest BCUT2D eigenvalue weighted by Crippen LogP contribution is 2.14. The van der Waals surface area contributed by atoms with Crippen LogP contribution in [-0.2, 0) is 0 Å². The SMILES string of the molecule is NCCC=Cc1cccc2c(=O)cc[nH]c12.